The molecule has 4 heterocycles. The van der Waals surface area contributed by atoms with Gasteiger partial charge in [0.05, 0.1) is 6.54 Å². The minimum absolute atomic E-state index is 0.0394. The Hall–Kier alpha value is -4.32. The molecule has 5 atom stereocenters. The first-order chi connectivity index (χ1) is 25.4. The van der Waals surface area contributed by atoms with E-state index in [1.807, 2.05) is 6.08 Å². The number of carboxylic acids is 2. The number of fused-ring (bicyclic) bond motifs is 5. The molecule has 0 aromatic carbocycles. The monoisotopic (exact) mass is 726 g/mol. The Morgan fingerprint density at radius 1 is 0.830 bits per heavy atom. The summed E-state index contributed by atoms with van der Waals surface area (Å²) in [5.74, 6) is 2.31. The van der Waals surface area contributed by atoms with Crippen molar-refractivity contribution in [2.45, 2.75) is 71.6 Å². The minimum atomic E-state index is -1.26. The molecule has 1 aromatic rings. The van der Waals surface area contributed by atoms with E-state index in [1.54, 1.807) is 6.08 Å². The number of carbonyl (C=O) groups is 4. The van der Waals surface area contributed by atoms with E-state index in [4.69, 9.17) is 20.2 Å². The van der Waals surface area contributed by atoms with Crippen molar-refractivity contribution in [2.24, 2.45) is 28.6 Å². The Morgan fingerprint density at radius 3 is 2.06 bits per heavy atom. The van der Waals surface area contributed by atoms with Gasteiger partial charge in [-0.3, -0.25) is 14.5 Å². The van der Waals surface area contributed by atoms with Crippen LogP contribution in [0, 0.1) is 28.6 Å². The number of rotatable bonds is 8. The number of allylic oxidation sites excluding steroid dienone is 6. The minimum Gasteiger partial charge on any atom is -0.478 e. The third-order valence-electron chi connectivity index (χ3n) is 13.3. The van der Waals surface area contributed by atoms with Crippen LogP contribution in [0.25, 0.3) is 0 Å². The number of aromatic nitrogens is 2. The van der Waals surface area contributed by atoms with E-state index < -0.39 is 11.9 Å². The Balaban J connectivity index is 0.000000491. The second-order valence-corrected chi connectivity index (χ2v) is 16.4. The largest absolute Gasteiger partial charge is 0.478 e. The zero-order valence-corrected chi connectivity index (χ0v) is 31.2. The fourth-order valence-electron chi connectivity index (χ4n) is 10.4. The maximum Gasteiger partial charge on any atom is 0.328 e. The van der Waals surface area contributed by atoms with Gasteiger partial charge < -0.3 is 24.9 Å². The van der Waals surface area contributed by atoms with E-state index in [0.717, 1.165) is 102 Å². The Bertz CT molecular complexity index is 1680. The quantitative estimate of drug-likeness (QED) is 0.277. The van der Waals surface area contributed by atoms with Gasteiger partial charge in [-0.1, -0.05) is 30.2 Å². The van der Waals surface area contributed by atoms with E-state index >= 15 is 0 Å². The maximum absolute atomic E-state index is 14.0. The summed E-state index contributed by atoms with van der Waals surface area (Å²) in [7, 11) is 0. The molecule has 8 rings (SSSR count). The molecule has 7 aliphatic rings. The normalized spacial score (nSPS) is 31.0. The van der Waals surface area contributed by atoms with Crippen LogP contribution >= 0.6 is 0 Å². The number of hydrogen-bond acceptors (Lipinski definition) is 10. The third-order valence-corrected chi connectivity index (χ3v) is 13.3. The molecule has 0 amide bonds. The van der Waals surface area contributed by atoms with Crippen LogP contribution in [-0.4, -0.2) is 107 Å². The number of aliphatic carboxylic acids is 2. The van der Waals surface area contributed by atoms with Gasteiger partial charge in [-0.15, -0.1) is 0 Å². The molecule has 0 radical (unpaired) electrons. The van der Waals surface area contributed by atoms with Crippen molar-refractivity contribution in [2.75, 3.05) is 73.6 Å². The molecule has 0 bridgehead atoms. The molecule has 5 fully saturated rings. The molecule has 12 heteroatoms. The maximum atomic E-state index is 14.0. The SMILES string of the molecule is C[C@]12C=CC(=O)C=C1CCC1C2=CC[C@]2(C)[C@@H](C(=O)CN3CCN(c4cc(N5CCCC5)nc(N5CCCC5)n4)CC3)CC[C@@H]12.O=C(O)/C=C\C(=O)O. The summed E-state index contributed by atoms with van der Waals surface area (Å²) in [5.41, 5.74) is 2.72. The van der Waals surface area contributed by atoms with Crippen LogP contribution < -0.4 is 14.7 Å². The molecule has 0 spiro atoms. The zero-order valence-electron chi connectivity index (χ0n) is 31.2. The van der Waals surface area contributed by atoms with Crippen molar-refractivity contribution in [1.82, 2.24) is 14.9 Å². The van der Waals surface area contributed by atoms with Crippen molar-refractivity contribution in [1.29, 1.82) is 0 Å². The number of ketones is 2. The summed E-state index contributed by atoms with van der Waals surface area (Å²) in [6.45, 7) is 13.1. The Morgan fingerprint density at radius 2 is 1.43 bits per heavy atom. The number of carboxylic acid groups (broad SMARTS) is 2. The van der Waals surface area contributed by atoms with Crippen molar-refractivity contribution in [3.63, 3.8) is 0 Å². The lowest BCUT2D eigenvalue weighted by molar-refractivity contribution is -0.134. The van der Waals surface area contributed by atoms with Gasteiger partial charge in [0.25, 0.3) is 0 Å². The van der Waals surface area contributed by atoms with Crippen LogP contribution in [-0.2, 0) is 19.2 Å². The fourth-order valence-corrected chi connectivity index (χ4v) is 10.4. The molecule has 12 nitrogen and oxygen atoms in total. The zero-order chi connectivity index (χ0) is 37.3. The average molecular weight is 727 g/mol. The Labute approximate surface area is 312 Å². The topological polar surface area (TPSA) is 147 Å². The molecule has 2 N–H and O–H groups in total. The van der Waals surface area contributed by atoms with Crippen LogP contribution in [0.3, 0.4) is 0 Å². The van der Waals surface area contributed by atoms with Gasteiger partial charge in [0.1, 0.15) is 17.4 Å². The molecule has 1 unspecified atom stereocenters. The van der Waals surface area contributed by atoms with Crippen molar-refractivity contribution in [3.8, 4) is 0 Å². The summed E-state index contributed by atoms with van der Waals surface area (Å²) in [5, 5.41) is 15.6. The average Bonchev–Trinajstić information content (AvgIpc) is 3.94. The molecule has 3 aliphatic heterocycles. The summed E-state index contributed by atoms with van der Waals surface area (Å²) >= 11 is 0. The highest BCUT2D eigenvalue weighted by atomic mass is 16.4. The molecular weight excluding hydrogens is 672 g/mol. The number of nitrogens with zero attached hydrogens (tertiary/aromatic N) is 6. The highest BCUT2D eigenvalue weighted by molar-refractivity contribution is 6.01. The number of carbonyl (C=O) groups excluding carboxylic acids is 2. The summed E-state index contributed by atoms with van der Waals surface area (Å²) in [6, 6.07) is 2.21. The van der Waals surface area contributed by atoms with E-state index in [9.17, 15) is 19.2 Å². The van der Waals surface area contributed by atoms with Gasteiger partial charge >= 0.3 is 11.9 Å². The van der Waals surface area contributed by atoms with Crippen LogP contribution in [0.15, 0.2) is 53.7 Å². The van der Waals surface area contributed by atoms with Crippen molar-refractivity contribution in [3.05, 3.63) is 53.7 Å². The summed E-state index contributed by atoms with van der Waals surface area (Å²) in [4.78, 5) is 64.9. The standard InChI is InChI=1S/C37H50N6O2.C4H4O4/c1-36-13-11-27(44)23-26(36)7-8-28-29-9-10-31(37(29,2)14-12-30(28)36)32(45)25-40-19-21-42(22-20-40)34-24-33(41-15-3-4-16-41)38-35(39-34)43-17-5-6-18-43;5-3(6)1-2-4(7)8/h11-13,23-24,28-29,31H,3-10,14-22,25H2,1-2H3;1-2H,(H,5,6)(H,7,8)/b;2-1-/t28?,29-,31+,36-,37-;/m0./s1. The molecule has 1 aromatic heterocycles. The van der Waals surface area contributed by atoms with E-state index in [2.05, 4.69) is 51.7 Å². The molecule has 53 heavy (non-hydrogen) atoms. The van der Waals surface area contributed by atoms with Gasteiger partial charge in [0.2, 0.25) is 5.95 Å². The van der Waals surface area contributed by atoms with Crippen molar-refractivity contribution >= 4 is 41.1 Å². The van der Waals surface area contributed by atoms with E-state index in [0.29, 0.717) is 36.3 Å². The predicted octanol–water partition coefficient (Wildman–Crippen LogP) is 4.92. The third kappa shape index (κ3) is 7.57. The second kappa shape index (κ2) is 15.2. The smallest absolute Gasteiger partial charge is 0.328 e. The summed E-state index contributed by atoms with van der Waals surface area (Å²) < 4.78 is 0. The van der Waals surface area contributed by atoms with Crippen LogP contribution in [0.2, 0.25) is 0 Å². The van der Waals surface area contributed by atoms with Crippen molar-refractivity contribution < 1.29 is 29.4 Å². The Kier molecular flexibility index (Phi) is 10.6. The van der Waals surface area contributed by atoms with E-state index in [-0.39, 0.29) is 22.5 Å². The second-order valence-electron chi connectivity index (χ2n) is 16.4. The molecule has 3 saturated heterocycles. The molecule has 2 saturated carbocycles. The number of piperazine rings is 1. The lowest BCUT2D eigenvalue weighted by Crippen LogP contribution is -2.50. The lowest BCUT2D eigenvalue weighted by atomic mass is 9.52. The number of Topliss-reactive ketones (excluding diaryl/α,β-unsaturated/α-hetero) is 1. The van der Waals surface area contributed by atoms with Crippen LogP contribution in [0.5, 0.6) is 0 Å². The molecular formula is C41H54N6O6. The van der Waals surface area contributed by atoms with Gasteiger partial charge in [-0.2, -0.15) is 9.97 Å². The highest BCUT2D eigenvalue weighted by Gasteiger charge is 2.57. The summed E-state index contributed by atoms with van der Waals surface area (Å²) in [6.07, 6.45) is 19.6. The van der Waals surface area contributed by atoms with E-state index in [1.165, 1.54) is 36.8 Å². The molecule has 284 valence electrons. The highest BCUT2D eigenvalue weighted by Crippen LogP contribution is 2.64. The van der Waals surface area contributed by atoms with Gasteiger partial charge in [-0.25, -0.2) is 9.59 Å². The molecule has 4 aliphatic carbocycles. The van der Waals surface area contributed by atoms with Gasteiger partial charge in [-0.05, 0) is 94.1 Å². The van der Waals surface area contributed by atoms with Crippen LogP contribution in [0.4, 0.5) is 17.6 Å². The van der Waals surface area contributed by atoms with Gasteiger partial charge in [0, 0.05) is 81.9 Å². The first-order valence-electron chi connectivity index (χ1n) is 19.6. The fraction of sp³-hybridized carbons (Fsp3) is 0.610. The predicted molar refractivity (Wildman–Crippen MR) is 203 cm³/mol. The van der Waals surface area contributed by atoms with Crippen LogP contribution in [0.1, 0.15) is 71.6 Å². The first-order valence-corrected chi connectivity index (χ1v) is 19.6. The lowest BCUT2D eigenvalue weighted by Gasteiger charge is -2.52. The number of hydrogen-bond donors (Lipinski definition) is 2. The first kappa shape index (κ1) is 37.0. The number of anilines is 3. The van der Waals surface area contributed by atoms with Gasteiger partial charge in [0.15, 0.2) is 5.78 Å².